The fraction of sp³-hybridized carbons (Fsp3) is 0.216. The zero-order chi connectivity index (χ0) is 43.9. The van der Waals surface area contributed by atoms with E-state index in [0.29, 0.717) is 44.8 Å². The Balaban J connectivity index is 0.951. The number of halogens is 1. The van der Waals surface area contributed by atoms with E-state index >= 15 is 9.59 Å². The zero-order valence-corrected chi connectivity index (χ0v) is 36.4. The van der Waals surface area contributed by atoms with Crippen LogP contribution in [0.2, 0.25) is 5.02 Å². The van der Waals surface area contributed by atoms with Crippen molar-refractivity contribution in [1.82, 2.24) is 14.8 Å². The van der Waals surface area contributed by atoms with Gasteiger partial charge in [-0.25, -0.2) is 9.88 Å². The second-order valence-corrected chi connectivity index (χ2v) is 19.1. The van der Waals surface area contributed by atoms with E-state index in [0.717, 1.165) is 42.4 Å². The van der Waals surface area contributed by atoms with Crippen molar-refractivity contribution in [2.24, 2.45) is 36.1 Å². The topological polar surface area (TPSA) is 139 Å². The van der Waals surface area contributed by atoms with Gasteiger partial charge in [0.25, 0.3) is 0 Å². The Morgan fingerprint density at radius 2 is 1.62 bits per heavy atom. The number of oxazole rings is 1. The molecule has 3 fully saturated rings. The first-order valence-corrected chi connectivity index (χ1v) is 22.5. The molecule has 6 unspecified atom stereocenters. The average molecular weight is 884 g/mol. The maximum absolute atomic E-state index is 15.5. The molecule has 2 aliphatic carbocycles. The number of aromatic nitrogens is 3. The van der Waals surface area contributed by atoms with Gasteiger partial charge >= 0.3 is 0 Å². The molecular weight excluding hydrogens is 846 g/mol. The third kappa shape index (κ3) is 5.32. The van der Waals surface area contributed by atoms with E-state index in [9.17, 15) is 14.7 Å². The zero-order valence-electron chi connectivity index (χ0n) is 34.8. The van der Waals surface area contributed by atoms with E-state index in [4.69, 9.17) is 21.1 Å². The van der Waals surface area contributed by atoms with Crippen LogP contribution in [0.25, 0.3) is 54.0 Å². The fourth-order valence-corrected chi connectivity index (χ4v) is 12.7. The largest absolute Gasteiger partial charge is 0.508 e. The predicted molar refractivity (Wildman–Crippen MR) is 246 cm³/mol. The molecule has 1 N–H and O–H groups in total. The predicted octanol–water partition coefficient (Wildman–Crippen LogP) is 10.4. The average Bonchev–Trinajstić information content (AvgIpc) is 4.08. The van der Waals surface area contributed by atoms with Gasteiger partial charge in [0, 0.05) is 39.9 Å². The van der Waals surface area contributed by atoms with Gasteiger partial charge in [0.05, 0.1) is 33.7 Å². The monoisotopic (exact) mass is 883 g/mol. The van der Waals surface area contributed by atoms with Crippen molar-refractivity contribution in [2.75, 3.05) is 9.80 Å². The van der Waals surface area contributed by atoms with E-state index in [-0.39, 0.29) is 30.4 Å². The van der Waals surface area contributed by atoms with E-state index in [1.165, 1.54) is 9.80 Å². The van der Waals surface area contributed by atoms with Gasteiger partial charge in [-0.15, -0.1) is 11.3 Å². The third-order valence-corrected chi connectivity index (χ3v) is 15.9. The number of carbonyl (C=O) groups is 4. The molecule has 2 aliphatic heterocycles. The number of para-hydroxylation sites is 2. The van der Waals surface area contributed by atoms with Gasteiger partial charge in [-0.3, -0.25) is 28.8 Å². The van der Waals surface area contributed by atoms with Crippen LogP contribution < -0.4 is 9.80 Å². The van der Waals surface area contributed by atoms with Crippen molar-refractivity contribution < 1.29 is 28.7 Å². The van der Waals surface area contributed by atoms with Crippen LogP contribution in [0.3, 0.4) is 0 Å². The molecule has 11 nitrogen and oxygen atoms in total. The maximum atomic E-state index is 15.5. The highest BCUT2D eigenvalue weighted by atomic mass is 35.5. The first kappa shape index (κ1) is 38.8. The highest BCUT2D eigenvalue weighted by molar-refractivity contribution is 7.22. The van der Waals surface area contributed by atoms with Crippen molar-refractivity contribution >= 4 is 90.0 Å². The maximum Gasteiger partial charge on any atom is 0.242 e. The summed E-state index contributed by atoms with van der Waals surface area (Å²) in [5, 5.41) is 20.0. The smallest absolute Gasteiger partial charge is 0.242 e. The molecule has 0 bridgehead atoms. The SMILES string of the molecule is Cc1c(-c2cc(N3C(=O)C4CC5C(=CCC6C(=O)N(c7ccc(-c8nc9ccccc9o8)cc7)C(=O)C65)C(c5c(O)ccc6ccccc56)C4(C)C3=O)n(C)n2)sc2ccc(Cl)cc12. The van der Waals surface area contributed by atoms with Gasteiger partial charge < -0.3 is 9.52 Å². The van der Waals surface area contributed by atoms with Crippen molar-refractivity contribution in [3.63, 3.8) is 0 Å². The molecule has 64 heavy (non-hydrogen) atoms. The molecule has 5 heterocycles. The van der Waals surface area contributed by atoms with Gasteiger partial charge in [0.1, 0.15) is 22.8 Å². The van der Waals surface area contributed by atoms with Crippen LogP contribution >= 0.6 is 22.9 Å². The summed E-state index contributed by atoms with van der Waals surface area (Å²) >= 11 is 7.93. The van der Waals surface area contributed by atoms with Gasteiger partial charge in [0.15, 0.2) is 5.58 Å². The van der Waals surface area contributed by atoms with Gasteiger partial charge in [-0.2, -0.15) is 5.10 Å². The lowest BCUT2D eigenvalue weighted by Crippen LogP contribution is -2.49. The Labute approximate surface area is 375 Å². The van der Waals surface area contributed by atoms with Crippen molar-refractivity contribution in [3.05, 3.63) is 137 Å². The Morgan fingerprint density at radius 3 is 2.44 bits per heavy atom. The summed E-state index contributed by atoms with van der Waals surface area (Å²) in [6.07, 6.45) is 2.43. The molecule has 316 valence electrons. The Morgan fingerprint density at radius 1 is 0.844 bits per heavy atom. The number of aromatic hydroxyl groups is 1. The van der Waals surface area contributed by atoms with Crippen LogP contribution in [-0.4, -0.2) is 43.5 Å². The number of amides is 4. The summed E-state index contributed by atoms with van der Waals surface area (Å²) in [6, 6.07) is 33.2. The van der Waals surface area contributed by atoms with Crippen molar-refractivity contribution in [1.29, 1.82) is 0 Å². The molecule has 1 saturated carbocycles. The molecule has 12 rings (SSSR count). The van der Waals surface area contributed by atoms with E-state index in [1.54, 1.807) is 59.5 Å². The molecule has 13 heteroatoms. The lowest BCUT2D eigenvalue weighted by atomic mass is 9.51. The standard InChI is InChI=1S/C51H38ClN5O6S/c1-25-33-22-28(52)15-21-40(33)64-45(25)37-24-41(55(3)54-37)57-48(60)35-23-34-31(44(51(35,2)50(57)62)43-30-9-5-4-8-26(30)14-20-38(43)58)18-19-32-42(34)49(61)56(47(32)59)29-16-12-27(13-17-29)46-53-36-10-6-7-11-39(36)63-46/h4-18,20-22,24,32,34-35,42,44,58H,19,23H2,1-3H3. The summed E-state index contributed by atoms with van der Waals surface area (Å²) in [7, 11) is 1.72. The number of benzene rings is 5. The van der Waals surface area contributed by atoms with Gasteiger partial charge in [-0.1, -0.05) is 65.7 Å². The molecule has 2 saturated heterocycles. The number of fused-ring (bicyclic) bond motifs is 7. The molecule has 8 aromatic rings. The number of hydrogen-bond donors (Lipinski definition) is 1. The second kappa shape index (κ2) is 13.8. The lowest BCUT2D eigenvalue weighted by Gasteiger charge is -2.49. The van der Waals surface area contributed by atoms with Crippen molar-refractivity contribution in [3.8, 4) is 27.8 Å². The second-order valence-electron chi connectivity index (χ2n) is 17.6. The minimum Gasteiger partial charge on any atom is -0.508 e. The highest BCUT2D eigenvalue weighted by Gasteiger charge is 2.68. The summed E-state index contributed by atoms with van der Waals surface area (Å²) in [4.78, 5) is 68.1. The molecule has 4 amide bonds. The normalized spacial score (nSPS) is 24.2. The summed E-state index contributed by atoms with van der Waals surface area (Å²) in [5.41, 5.74) is 4.04. The number of allylic oxidation sites excluding steroid dienone is 2. The number of phenolic OH excluding ortho intramolecular Hbond substituents is 1. The number of nitrogens with zero attached hydrogens (tertiary/aromatic N) is 5. The number of anilines is 2. The number of aryl methyl sites for hydroxylation is 2. The van der Waals surface area contributed by atoms with E-state index < -0.39 is 46.8 Å². The number of carbonyl (C=O) groups excluding carboxylic acids is 4. The Hall–Kier alpha value is -6.89. The summed E-state index contributed by atoms with van der Waals surface area (Å²) < 4.78 is 8.59. The lowest BCUT2D eigenvalue weighted by molar-refractivity contribution is -0.131. The summed E-state index contributed by atoms with van der Waals surface area (Å²) in [6.45, 7) is 3.84. The molecule has 0 radical (unpaired) electrons. The number of rotatable bonds is 5. The Kier molecular flexibility index (Phi) is 8.36. The van der Waals surface area contributed by atoms with Gasteiger partial charge in [0.2, 0.25) is 29.5 Å². The van der Waals surface area contributed by atoms with Crippen LogP contribution in [0.1, 0.15) is 36.8 Å². The fourth-order valence-electron chi connectivity index (χ4n) is 11.3. The summed E-state index contributed by atoms with van der Waals surface area (Å²) in [5.74, 6) is -4.49. The quantitative estimate of drug-likeness (QED) is 0.133. The third-order valence-electron chi connectivity index (χ3n) is 14.4. The number of phenols is 1. The molecule has 5 aromatic carbocycles. The van der Waals surface area contributed by atoms with Crippen LogP contribution in [0.15, 0.2) is 125 Å². The molecule has 4 aliphatic rings. The number of thiophene rings is 1. The number of imide groups is 2. The van der Waals surface area contributed by atoms with Crippen molar-refractivity contribution in [2.45, 2.75) is 32.6 Å². The molecule has 3 aromatic heterocycles. The van der Waals surface area contributed by atoms with Gasteiger partial charge in [-0.05, 0) is 115 Å². The minimum atomic E-state index is -1.38. The molecule has 6 atom stereocenters. The first-order valence-electron chi connectivity index (χ1n) is 21.3. The first-order chi connectivity index (χ1) is 30.9. The Bertz CT molecular complexity index is 3370. The number of hydrogen-bond acceptors (Lipinski definition) is 9. The van der Waals surface area contributed by atoms with E-state index in [1.807, 2.05) is 92.7 Å². The van der Waals surface area contributed by atoms with Crippen LogP contribution in [0, 0.1) is 36.0 Å². The van der Waals surface area contributed by atoms with E-state index in [2.05, 4.69) is 4.98 Å². The molecular formula is C51H38ClN5O6S. The van der Waals surface area contributed by atoms with Crippen LogP contribution in [0.5, 0.6) is 5.75 Å². The van der Waals surface area contributed by atoms with Crippen LogP contribution in [0.4, 0.5) is 11.5 Å². The minimum absolute atomic E-state index is 0.0105. The van der Waals surface area contributed by atoms with Crippen LogP contribution in [-0.2, 0) is 26.2 Å². The molecule has 0 spiro atoms. The highest BCUT2D eigenvalue weighted by Crippen LogP contribution is 2.65.